The molecule has 6 heteroatoms. The minimum Gasteiger partial charge on any atom is -0.463 e. The van der Waals surface area contributed by atoms with Crippen molar-refractivity contribution < 1.29 is 22.7 Å². The predicted molar refractivity (Wildman–Crippen MR) is 64.2 cm³/mol. The molecule has 0 radical (unpaired) electrons. The first-order chi connectivity index (χ1) is 8.91. The van der Waals surface area contributed by atoms with Gasteiger partial charge in [-0.1, -0.05) is 0 Å². The van der Waals surface area contributed by atoms with E-state index in [4.69, 9.17) is 4.42 Å². The molecular formula is C13H17F2NO3. The number of hydrogen-bond donors (Lipinski definition) is 1. The highest BCUT2D eigenvalue weighted by molar-refractivity contribution is 5.86. The second kappa shape index (κ2) is 5.28. The number of hydrogen-bond acceptors (Lipinski definition) is 4. The summed E-state index contributed by atoms with van der Waals surface area (Å²) in [5.74, 6) is -2.18. The van der Waals surface area contributed by atoms with Crippen LogP contribution in [0.5, 0.6) is 0 Å². The molecule has 106 valence electrons. The molecule has 4 nitrogen and oxygen atoms in total. The predicted octanol–water partition coefficient (Wildman–Crippen LogP) is 2.51. The van der Waals surface area contributed by atoms with E-state index in [0.717, 1.165) is 5.56 Å². The maximum Gasteiger partial charge on any atom is 0.373 e. The first-order valence-corrected chi connectivity index (χ1v) is 6.17. The van der Waals surface area contributed by atoms with Crippen LogP contribution in [0.15, 0.2) is 10.5 Å². The number of aryl methyl sites for hydroxylation is 1. The fraction of sp³-hybridized carbons (Fsp3) is 0.615. The normalized spacial score (nSPS) is 18.1. The van der Waals surface area contributed by atoms with E-state index in [1.165, 1.54) is 7.11 Å². The zero-order valence-electron chi connectivity index (χ0n) is 11.0. The molecule has 0 saturated heterocycles. The van der Waals surface area contributed by atoms with Gasteiger partial charge in [0.25, 0.3) is 0 Å². The van der Waals surface area contributed by atoms with Crippen molar-refractivity contribution in [2.24, 2.45) is 5.92 Å². The summed E-state index contributed by atoms with van der Waals surface area (Å²) >= 11 is 0. The van der Waals surface area contributed by atoms with Crippen LogP contribution in [0.25, 0.3) is 0 Å². The average molecular weight is 273 g/mol. The Morgan fingerprint density at radius 2 is 2.26 bits per heavy atom. The number of alkyl halides is 2. The Kier molecular flexibility index (Phi) is 3.89. The van der Waals surface area contributed by atoms with Gasteiger partial charge >= 0.3 is 5.97 Å². The third-order valence-corrected chi connectivity index (χ3v) is 3.33. The van der Waals surface area contributed by atoms with Crippen LogP contribution in [0.2, 0.25) is 0 Å². The maximum absolute atomic E-state index is 12.6. The summed E-state index contributed by atoms with van der Waals surface area (Å²) in [5.41, 5.74) is 0.839. The van der Waals surface area contributed by atoms with Gasteiger partial charge < -0.3 is 14.5 Å². The van der Waals surface area contributed by atoms with Crippen molar-refractivity contribution in [3.63, 3.8) is 0 Å². The van der Waals surface area contributed by atoms with E-state index < -0.39 is 11.9 Å². The molecule has 0 atom stereocenters. The van der Waals surface area contributed by atoms with Gasteiger partial charge in [-0.3, -0.25) is 0 Å². The summed E-state index contributed by atoms with van der Waals surface area (Å²) in [6, 6.07) is 1.61. The van der Waals surface area contributed by atoms with Gasteiger partial charge in [-0.05, 0) is 25.5 Å². The van der Waals surface area contributed by atoms with E-state index in [-0.39, 0.29) is 24.5 Å². The highest BCUT2D eigenvalue weighted by Crippen LogP contribution is 2.41. The van der Waals surface area contributed by atoms with E-state index >= 15 is 0 Å². The SMILES string of the molecule is COC(=O)c1cc(CNCC2CC(F)(F)C2)c(C)o1. The van der Waals surface area contributed by atoms with Crippen LogP contribution in [-0.2, 0) is 11.3 Å². The summed E-state index contributed by atoms with van der Waals surface area (Å²) in [7, 11) is 1.29. The molecule has 0 aliphatic heterocycles. The van der Waals surface area contributed by atoms with Crippen LogP contribution in [0.3, 0.4) is 0 Å². The molecule has 1 fully saturated rings. The van der Waals surface area contributed by atoms with Crippen LogP contribution in [0.4, 0.5) is 8.78 Å². The zero-order valence-corrected chi connectivity index (χ0v) is 11.0. The van der Waals surface area contributed by atoms with Crippen molar-refractivity contribution in [2.75, 3.05) is 13.7 Å². The van der Waals surface area contributed by atoms with Crippen LogP contribution < -0.4 is 5.32 Å². The zero-order chi connectivity index (χ0) is 14.0. The van der Waals surface area contributed by atoms with Crippen molar-refractivity contribution in [1.82, 2.24) is 5.32 Å². The smallest absolute Gasteiger partial charge is 0.373 e. The average Bonchev–Trinajstić information content (AvgIpc) is 2.67. The fourth-order valence-corrected chi connectivity index (χ4v) is 2.24. The molecule has 1 aromatic heterocycles. The van der Waals surface area contributed by atoms with E-state index in [2.05, 4.69) is 10.1 Å². The number of nitrogens with one attached hydrogen (secondary N) is 1. The van der Waals surface area contributed by atoms with Gasteiger partial charge in [-0.25, -0.2) is 13.6 Å². The van der Waals surface area contributed by atoms with Crippen molar-refractivity contribution in [2.45, 2.75) is 32.2 Å². The largest absolute Gasteiger partial charge is 0.463 e. The quantitative estimate of drug-likeness (QED) is 0.837. The Hall–Kier alpha value is -1.43. The van der Waals surface area contributed by atoms with Crippen LogP contribution >= 0.6 is 0 Å². The van der Waals surface area contributed by atoms with E-state index in [1.807, 2.05) is 0 Å². The van der Waals surface area contributed by atoms with E-state index in [1.54, 1.807) is 13.0 Å². The van der Waals surface area contributed by atoms with Crippen molar-refractivity contribution in [3.8, 4) is 0 Å². The Labute approximate surface area is 110 Å². The van der Waals surface area contributed by atoms with Crippen LogP contribution in [0, 0.1) is 12.8 Å². The molecule has 0 unspecified atom stereocenters. The summed E-state index contributed by atoms with van der Waals surface area (Å²) in [4.78, 5) is 11.3. The maximum atomic E-state index is 12.6. The third kappa shape index (κ3) is 3.32. The van der Waals surface area contributed by atoms with Crippen LogP contribution in [-0.4, -0.2) is 25.5 Å². The van der Waals surface area contributed by atoms with Gasteiger partial charge in [0.1, 0.15) is 5.76 Å². The number of furan rings is 1. The molecule has 2 rings (SSSR count). The first-order valence-electron chi connectivity index (χ1n) is 6.17. The lowest BCUT2D eigenvalue weighted by molar-refractivity contribution is -0.109. The topological polar surface area (TPSA) is 51.5 Å². The van der Waals surface area contributed by atoms with Gasteiger partial charge in [0.2, 0.25) is 11.7 Å². The Bertz CT molecular complexity index is 462. The minimum absolute atomic E-state index is 0.0299. The molecule has 1 aromatic rings. The summed E-state index contributed by atoms with van der Waals surface area (Å²) in [6.45, 7) is 2.79. The molecule has 0 bridgehead atoms. The molecule has 0 spiro atoms. The van der Waals surface area contributed by atoms with Gasteiger partial charge in [0.05, 0.1) is 7.11 Å². The summed E-state index contributed by atoms with van der Waals surface area (Å²) in [6.07, 6.45) is -0.0877. The molecule has 1 heterocycles. The van der Waals surface area contributed by atoms with E-state index in [9.17, 15) is 13.6 Å². The highest BCUT2D eigenvalue weighted by atomic mass is 19.3. The van der Waals surface area contributed by atoms with Gasteiger partial charge in [0.15, 0.2) is 0 Å². The summed E-state index contributed by atoms with van der Waals surface area (Å²) < 4.78 is 35.1. The number of halogens is 2. The number of ether oxygens (including phenoxy) is 1. The molecular weight excluding hydrogens is 256 g/mol. The van der Waals surface area contributed by atoms with Gasteiger partial charge in [0, 0.05) is 24.9 Å². The van der Waals surface area contributed by atoms with Crippen molar-refractivity contribution in [3.05, 3.63) is 23.2 Å². The second-order valence-corrected chi connectivity index (χ2v) is 4.94. The molecule has 1 aliphatic carbocycles. The lowest BCUT2D eigenvalue weighted by Gasteiger charge is -2.34. The van der Waals surface area contributed by atoms with Gasteiger partial charge in [-0.2, -0.15) is 0 Å². The molecule has 19 heavy (non-hydrogen) atoms. The van der Waals surface area contributed by atoms with Crippen molar-refractivity contribution in [1.29, 1.82) is 0 Å². The minimum atomic E-state index is -2.48. The molecule has 0 aromatic carbocycles. The van der Waals surface area contributed by atoms with Gasteiger partial charge in [-0.15, -0.1) is 0 Å². The summed E-state index contributed by atoms with van der Waals surface area (Å²) in [5, 5.41) is 3.11. The number of carbonyl (C=O) groups excluding carboxylic acids is 1. The third-order valence-electron chi connectivity index (χ3n) is 3.33. The fourth-order valence-electron chi connectivity index (χ4n) is 2.24. The number of rotatable bonds is 5. The first kappa shape index (κ1) is 14.0. The number of esters is 1. The molecule has 0 amide bonds. The number of methoxy groups -OCH3 is 1. The molecule has 1 aliphatic rings. The monoisotopic (exact) mass is 273 g/mol. The van der Waals surface area contributed by atoms with Crippen LogP contribution in [0.1, 0.15) is 34.7 Å². The lowest BCUT2D eigenvalue weighted by Crippen LogP contribution is -2.40. The Morgan fingerprint density at radius 3 is 2.84 bits per heavy atom. The Morgan fingerprint density at radius 1 is 1.58 bits per heavy atom. The molecule has 1 N–H and O–H groups in total. The number of carbonyl (C=O) groups is 1. The lowest BCUT2D eigenvalue weighted by atomic mass is 9.81. The standard InChI is InChI=1S/C13H17F2NO3/c1-8-10(3-11(19-8)12(17)18-2)7-16-6-9-4-13(14,15)5-9/h3,9,16H,4-7H2,1-2H3. The second-order valence-electron chi connectivity index (χ2n) is 4.94. The highest BCUT2D eigenvalue weighted by Gasteiger charge is 2.44. The molecule has 1 saturated carbocycles. The Balaban J connectivity index is 1.80. The van der Waals surface area contributed by atoms with E-state index in [0.29, 0.717) is 18.8 Å². The van der Waals surface area contributed by atoms with Crippen molar-refractivity contribution >= 4 is 5.97 Å².